The van der Waals surface area contributed by atoms with Crippen molar-refractivity contribution < 1.29 is 9.53 Å². The van der Waals surface area contributed by atoms with E-state index in [1.807, 2.05) is 54.9 Å². The Morgan fingerprint density at radius 2 is 2.07 bits per heavy atom. The van der Waals surface area contributed by atoms with Crippen molar-refractivity contribution in [1.29, 1.82) is 0 Å². The van der Waals surface area contributed by atoms with E-state index in [1.54, 1.807) is 18.6 Å². The van der Waals surface area contributed by atoms with Crippen LogP contribution in [0.4, 0.5) is 0 Å². The van der Waals surface area contributed by atoms with Crippen LogP contribution in [-0.4, -0.2) is 22.1 Å². The predicted octanol–water partition coefficient (Wildman–Crippen LogP) is 4.85. The van der Waals surface area contributed by atoms with E-state index >= 15 is 0 Å². The van der Waals surface area contributed by atoms with Gasteiger partial charge in [-0.25, -0.2) is 4.98 Å². The maximum Gasteiger partial charge on any atom is 0.258 e. The Morgan fingerprint density at radius 1 is 1.33 bits per heavy atom. The number of nitrogens with one attached hydrogen (secondary N) is 1. The van der Waals surface area contributed by atoms with Crippen molar-refractivity contribution >= 4 is 33.4 Å². The molecule has 1 N–H and O–H groups in total. The van der Waals surface area contributed by atoms with E-state index in [9.17, 15) is 4.79 Å². The third-order valence-corrected chi connectivity index (χ3v) is 4.85. The van der Waals surface area contributed by atoms with Gasteiger partial charge >= 0.3 is 0 Å². The highest BCUT2D eigenvalue weighted by Crippen LogP contribution is 2.31. The number of rotatable bonds is 6. The highest BCUT2D eigenvalue weighted by Gasteiger charge is 2.13. The third kappa shape index (κ3) is 4.90. The molecule has 0 unspecified atom stereocenters. The maximum absolute atomic E-state index is 12.2. The van der Waals surface area contributed by atoms with Crippen LogP contribution in [0.5, 0.6) is 5.75 Å². The summed E-state index contributed by atoms with van der Waals surface area (Å²) in [5.74, 6) is 0.312. The Kier molecular flexibility index (Phi) is 6.19. The largest absolute Gasteiger partial charge is 0.482 e. The van der Waals surface area contributed by atoms with Crippen molar-refractivity contribution in [1.82, 2.24) is 14.9 Å². The zero-order chi connectivity index (χ0) is 19.4. The second-order valence-electron chi connectivity index (χ2n) is 6.17. The lowest BCUT2D eigenvalue weighted by Crippen LogP contribution is -2.31. The van der Waals surface area contributed by atoms with E-state index in [-0.39, 0.29) is 18.6 Å². The summed E-state index contributed by atoms with van der Waals surface area (Å²) < 4.78 is 8.41. The van der Waals surface area contributed by atoms with Gasteiger partial charge in [0.25, 0.3) is 5.91 Å². The van der Waals surface area contributed by atoms with Crippen LogP contribution in [0.2, 0.25) is 5.02 Å². The number of aromatic nitrogens is 2. The van der Waals surface area contributed by atoms with Crippen molar-refractivity contribution in [3.63, 3.8) is 0 Å². The van der Waals surface area contributed by atoms with Crippen LogP contribution in [0.25, 0.3) is 5.69 Å². The lowest BCUT2D eigenvalue weighted by molar-refractivity contribution is -0.123. The van der Waals surface area contributed by atoms with Crippen molar-refractivity contribution in [3.05, 3.63) is 75.7 Å². The standard InChI is InChI=1S/C20H19BrClN3O2/c1-13-9-16(21)10-18(22)20(13)27-11-19(26)24-14(2)15-3-5-17(6-4-15)25-8-7-23-12-25/h3-10,12,14H,11H2,1-2H3,(H,24,26)/t14-/m1/s1. The average molecular weight is 449 g/mol. The van der Waals surface area contributed by atoms with Gasteiger partial charge in [-0.2, -0.15) is 0 Å². The number of imidazole rings is 1. The van der Waals surface area contributed by atoms with Gasteiger partial charge in [-0.15, -0.1) is 0 Å². The van der Waals surface area contributed by atoms with Crippen LogP contribution < -0.4 is 10.1 Å². The Labute approximate surface area is 171 Å². The summed E-state index contributed by atoms with van der Waals surface area (Å²) in [7, 11) is 0. The normalized spacial score (nSPS) is 11.9. The molecule has 1 amide bonds. The van der Waals surface area contributed by atoms with Gasteiger partial charge in [0.2, 0.25) is 0 Å². The molecule has 2 aromatic carbocycles. The molecule has 0 saturated heterocycles. The van der Waals surface area contributed by atoms with Gasteiger partial charge in [0.1, 0.15) is 5.75 Å². The molecule has 27 heavy (non-hydrogen) atoms. The zero-order valence-electron chi connectivity index (χ0n) is 14.9. The Morgan fingerprint density at radius 3 is 2.70 bits per heavy atom. The molecular weight excluding hydrogens is 430 g/mol. The molecule has 0 aliphatic carbocycles. The van der Waals surface area contributed by atoms with E-state index in [0.717, 1.165) is 21.3 Å². The summed E-state index contributed by atoms with van der Waals surface area (Å²) >= 11 is 9.56. The molecule has 0 saturated carbocycles. The molecule has 140 valence electrons. The number of nitrogens with zero attached hydrogens (tertiary/aromatic N) is 2. The van der Waals surface area contributed by atoms with Crippen LogP contribution in [0, 0.1) is 6.92 Å². The van der Waals surface area contributed by atoms with E-state index in [4.69, 9.17) is 16.3 Å². The van der Waals surface area contributed by atoms with Gasteiger partial charge in [-0.05, 0) is 49.2 Å². The highest BCUT2D eigenvalue weighted by atomic mass is 79.9. The Bertz CT molecular complexity index is 904. The number of halogens is 2. The first-order valence-corrected chi connectivity index (χ1v) is 9.57. The molecule has 0 fully saturated rings. The maximum atomic E-state index is 12.2. The monoisotopic (exact) mass is 447 g/mol. The van der Waals surface area contributed by atoms with Gasteiger partial charge in [-0.3, -0.25) is 4.79 Å². The first-order chi connectivity index (χ1) is 12.9. The predicted molar refractivity (Wildman–Crippen MR) is 110 cm³/mol. The minimum absolute atomic E-state index is 0.0976. The smallest absolute Gasteiger partial charge is 0.258 e. The second kappa shape index (κ2) is 8.59. The van der Waals surface area contributed by atoms with Crippen molar-refractivity contribution in [2.24, 2.45) is 0 Å². The van der Waals surface area contributed by atoms with Gasteiger partial charge in [-0.1, -0.05) is 39.7 Å². The molecule has 7 heteroatoms. The van der Waals surface area contributed by atoms with Crippen molar-refractivity contribution in [3.8, 4) is 11.4 Å². The second-order valence-corrected chi connectivity index (χ2v) is 7.50. The highest BCUT2D eigenvalue weighted by molar-refractivity contribution is 9.10. The molecule has 0 spiro atoms. The number of hydrogen-bond donors (Lipinski definition) is 1. The van der Waals surface area contributed by atoms with E-state index in [0.29, 0.717) is 10.8 Å². The van der Waals surface area contributed by atoms with Gasteiger partial charge in [0.05, 0.1) is 17.4 Å². The summed E-state index contributed by atoms with van der Waals surface area (Å²) in [6.07, 6.45) is 5.36. The van der Waals surface area contributed by atoms with Crippen LogP contribution in [0.15, 0.2) is 59.6 Å². The summed E-state index contributed by atoms with van der Waals surface area (Å²) in [5, 5.41) is 3.41. The van der Waals surface area contributed by atoms with Crippen LogP contribution in [0.1, 0.15) is 24.1 Å². The van der Waals surface area contributed by atoms with Crippen LogP contribution >= 0.6 is 27.5 Å². The van der Waals surface area contributed by atoms with E-state index < -0.39 is 0 Å². The average Bonchev–Trinajstić information content (AvgIpc) is 3.15. The molecule has 1 atom stereocenters. The third-order valence-electron chi connectivity index (χ3n) is 4.11. The number of carbonyl (C=O) groups is 1. The number of amides is 1. The number of aryl methyl sites for hydroxylation is 1. The van der Waals surface area contributed by atoms with E-state index in [1.165, 1.54) is 0 Å². The number of hydrogen-bond acceptors (Lipinski definition) is 3. The van der Waals surface area contributed by atoms with Crippen molar-refractivity contribution in [2.45, 2.75) is 19.9 Å². The molecular formula is C20H19BrClN3O2. The molecule has 0 aliphatic heterocycles. The Balaban J connectivity index is 1.58. The molecule has 1 heterocycles. The number of benzene rings is 2. The fraction of sp³-hybridized carbons (Fsp3) is 0.200. The summed E-state index contributed by atoms with van der Waals surface area (Å²) in [6, 6.07) is 11.4. The molecule has 5 nitrogen and oxygen atoms in total. The van der Waals surface area contributed by atoms with Gasteiger partial charge < -0.3 is 14.6 Å². The lowest BCUT2D eigenvalue weighted by atomic mass is 10.1. The molecule has 0 bridgehead atoms. The number of ether oxygens (including phenoxy) is 1. The zero-order valence-corrected chi connectivity index (χ0v) is 17.3. The summed E-state index contributed by atoms with van der Waals surface area (Å²) in [6.45, 7) is 3.72. The lowest BCUT2D eigenvalue weighted by Gasteiger charge is -2.16. The fourth-order valence-electron chi connectivity index (χ4n) is 2.72. The van der Waals surface area contributed by atoms with Gasteiger partial charge in [0, 0.05) is 22.6 Å². The quantitative estimate of drug-likeness (QED) is 0.586. The number of carbonyl (C=O) groups excluding carboxylic acids is 1. The summed E-state index contributed by atoms with van der Waals surface area (Å²) in [4.78, 5) is 16.3. The van der Waals surface area contributed by atoms with Crippen molar-refractivity contribution in [2.75, 3.05) is 6.61 Å². The van der Waals surface area contributed by atoms with Crippen LogP contribution in [0.3, 0.4) is 0 Å². The molecule has 3 rings (SSSR count). The van der Waals surface area contributed by atoms with E-state index in [2.05, 4.69) is 26.2 Å². The SMILES string of the molecule is Cc1cc(Br)cc(Cl)c1OCC(=O)N[C@H](C)c1ccc(-n2ccnc2)cc1. The van der Waals surface area contributed by atoms with Crippen LogP contribution in [-0.2, 0) is 4.79 Å². The molecule has 3 aromatic rings. The minimum Gasteiger partial charge on any atom is -0.482 e. The molecule has 0 aliphatic rings. The topological polar surface area (TPSA) is 56.1 Å². The Hall–Kier alpha value is -2.31. The van der Waals surface area contributed by atoms with Gasteiger partial charge in [0.15, 0.2) is 6.61 Å². The molecule has 1 aromatic heterocycles. The minimum atomic E-state index is -0.209. The first-order valence-electron chi connectivity index (χ1n) is 8.40. The first kappa shape index (κ1) is 19.5. The fourth-order valence-corrected chi connectivity index (χ4v) is 3.75. The summed E-state index contributed by atoms with van der Waals surface area (Å²) in [5.41, 5.74) is 2.88. The molecule has 0 radical (unpaired) electrons.